The molecule has 2 N–H and O–H groups in total. The van der Waals surface area contributed by atoms with Crippen LogP contribution in [0.25, 0.3) is 0 Å². The molecular formula is C16H18N2OS. The molecule has 0 saturated heterocycles. The predicted molar refractivity (Wildman–Crippen MR) is 83.3 cm³/mol. The van der Waals surface area contributed by atoms with Gasteiger partial charge in [0.15, 0.2) is 0 Å². The fourth-order valence-corrected chi connectivity index (χ4v) is 2.23. The zero-order valence-corrected chi connectivity index (χ0v) is 12.2. The van der Waals surface area contributed by atoms with E-state index in [-0.39, 0.29) is 11.9 Å². The van der Waals surface area contributed by atoms with Gasteiger partial charge in [0.25, 0.3) is 5.91 Å². The number of hydrogen-bond donors (Lipinski definition) is 2. The van der Waals surface area contributed by atoms with Crippen LogP contribution < -0.4 is 5.32 Å². The molecule has 0 radical (unpaired) electrons. The highest BCUT2D eigenvalue weighted by molar-refractivity contribution is 7.71. The molecule has 1 unspecified atom stereocenters. The van der Waals surface area contributed by atoms with Gasteiger partial charge in [0.2, 0.25) is 0 Å². The Kier molecular flexibility index (Phi) is 5.07. The third-order valence-electron chi connectivity index (χ3n) is 3.15. The maximum absolute atomic E-state index is 12.1. The van der Waals surface area contributed by atoms with Crippen molar-refractivity contribution in [1.82, 2.24) is 10.3 Å². The molecule has 0 spiro atoms. The largest absolute Gasteiger partial charge is 0.352 e. The standard InChI is InChI=1S/C16H18N2OS/c1-12(9-10-13-6-3-2-4-7-13)18-15(19)14-8-5-11-17-16(14)20/h2-8,11-12H,9-10H2,1H3,(H,17,20)(H,18,19). The molecule has 0 saturated carbocycles. The molecule has 1 amide bonds. The van der Waals surface area contributed by atoms with Gasteiger partial charge in [-0.1, -0.05) is 42.5 Å². The molecule has 1 aromatic carbocycles. The summed E-state index contributed by atoms with van der Waals surface area (Å²) in [5, 5.41) is 2.98. The highest BCUT2D eigenvalue weighted by atomic mass is 32.1. The van der Waals surface area contributed by atoms with Crippen LogP contribution in [0.3, 0.4) is 0 Å². The summed E-state index contributed by atoms with van der Waals surface area (Å²) in [5.74, 6) is -0.118. The van der Waals surface area contributed by atoms with Crippen molar-refractivity contribution >= 4 is 18.1 Å². The van der Waals surface area contributed by atoms with Crippen LogP contribution in [0, 0.1) is 4.64 Å². The van der Waals surface area contributed by atoms with Crippen LogP contribution in [-0.4, -0.2) is 16.9 Å². The Balaban J connectivity index is 1.89. The number of carbonyl (C=O) groups is 1. The topological polar surface area (TPSA) is 44.9 Å². The van der Waals surface area contributed by atoms with E-state index in [1.807, 2.05) is 25.1 Å². The molecule has 2 rings (SSSR count). The molecule has 3 nitrogen and oxygen atoms in total. The van der Waals surface area contributed by atoms with Gasteiger partial charge < -0.3 is 10.3 Å². The van der Waals surface area contributed by atoms with E-state index in [1.54, 1.807) is 18.3 Å². The molecule has 1 heterocycles. The van der Waals surface area contributed by atoms with Gasteiger partial charge in [-0.25, -0.2) is 0 Å². The lowest BCUT2D eigenvalue weighted by Gasteiger charge is -2.13. The fraction of sp³-hybridized carbons (Fsp3) is 0.250. The zero-order valence-electron chi connectivity index (χ0n) is 11.4. The van der Waals surface area contributed by atoms with Crippen molar-refractivity contribution in [1.29, 1.82) is 0 Å². The van der Waals surface area contributed by atoms with Crippen molar-refractivity contribution in [2.24, 2.45) is 0 Å². The molecule has 0 aliphatic carbocycles. The fourth-order valence-electron chi connectivity index (χ4n) is 2.00. The first-order valence-electron chi connectivity index (χ1n) is 6.69. The van der Waals surface area contributed by atoms with Crippen molar-refractivity contribution in [3.05, 3.63) is 64.4 Å². The van der Waals surface area contributed by atoms with Gasteiger partial charge in [-0.3, -0.25) is 4.79 Å². The maximum Gasteiger partial charge on any atom is 0.254 e. The molecule has 0 bridgehead atoms. The number of amides is 1. The molecule has 104 valence electrons. The molecule has 20 heavy (non-hydrogen) atoms. The van der Waals surface area contributed by atoms with Crippen molar-refractivity contribution in [2.45, 2.75) is 25.8 Å². The summed E-state index contributed by atoms with van der Waals surface area (Å²) < 4.78 is 0.472. The molecular weight excluding hydrogens is 268 g/mol. The number of hydrogen-bond acceptors (Lipinski definition) is 2. The van der Waals surface area contributed by atoms with E-state index in [0.29, 0.717) is 10.2 Å². The van der Waals surface area contributed by atoms with Crippen LogP contribution in [0.2, 0.25) is 0 Å². The Bertz CT molecular complexity index is 622. The molecule has 1 aromatic heterocycles. The first kappa shape index (κ1) is 14.5. The number of aromatic nitrogens is 1. The summed E-state index contributed by atoms with van der Waals surface area (Å²) in [5.41, 5.74) is 1.81. The van der Waals surface area contributed by atoms with Crippen molar-refractivity contribution in [3.8, 4) is 0 Å². The average molecular weight is 286 g/mol. The number of pyridine rings is 1. The van der Waals surface area contributed by atoms with Crippen LogP contribution in [-0.2, 0) is 6.42 Å². The van der Waals surface area contributed by atoms with E-state index in [2.05, 4.69) is 22.4 Å². The van der Waals surface area contributed by atoms with Crippen LogP contribution in [0.1, 0.15) is 29.3 Å². The minimum atomic E-state index is -0.118. The number of aryl methyl sites for hydroxylation is 1. The highest BCUT2D eigenvalue weighted by Gasteiger charge is 2.11. The number of carbonyl (C=O) groups excluding carboxylic acids is 1. The molecule has 2 aromatic rings. The minimum Gasteiger partial charge on any atom is -0.352 e. The summed E-state index contributed by atoms with van der Waals surface area (Å²) in [6, 6.07) is 13.9. The van der Waals surface area contributed by atoms with Gasteiger partial charge in [0.1, 0.15) is 4.64 Å². The van der Waals surface area contributed by atoms with E-state index < -0.39 is 0 Å². The average Bonchev–Trinajstić information content (AvgIpc) is 2.46. The second-order valence-corrected chi connectivity index (χ2v) is 5.22. The zero-order chi connectivity index (χ0) is 14.4. The van der Waals surface area contributed by atoms with Gasteiger partial charge in [-0.05, 0) is 37.5 Å². The van der Waals surface area contributed by atoms with Gasteiger partial charge in [0.05, 0.1) is 5.56 Å². The molecule has 4 heteroatoms. The summed E-state index contributed by atoms with van der Waals surface area (Å²) in [7, 11) is 0. The van der Waals surface area contributed by atoms with Crippen LogP contribution in [0.15, 0.2) is 48.7 Å². The number of nitrogens with one attached hydrogen (secondary N) is 2. The third kappa shape index (κ3) is 4.03. The van der Waals surface area contributed by atoms with E-state index in [4.69, 9.17) is 12.2 Å². The number of benzene rings is 1. The summed E-state index contributed by atoms with van der Waals surface area (Å²) in [6.07, 6.45) is 3.57. The van der Waals surface area contributed by atoms with Gasteiger partial charge in [-0.2, -0.15) is 0 Å². The molecule has 0 fully saturated rings. The third-order valence-corrected chi connectivity index (χ3v) is 3.49. The van der Waals surface area contributed by atoms with E-state index >= 15 is 0 Å². The van der Waals surface area contributed by atoms with E-state index in [9.17, 15) is 4.79 Å². The molecule has 0 aliphatic heterocycles. The number of aromatic amines is 1. The van der Waals surface area contributed by atoms with Crippen LogP contribution >= 0.6 is 12.2 Å². The van der Waals surface area contributed by atoms with Crippen molar-refractivity contribution < 1.29 is 4.79 Å². The second-order valence-electron chi connectivity index (χ2n) is 4.81. The first-order valence-corrected chi connectivity index (χ1v) is 7.10. The lowest BCUT2D eigenvalue weighted by molar-refractivity contribution is 0.0937. The van der Waals surface area contributed by atoms with Gasteiger partial charge in [0, 0.05) is 12.2 Å². The Hall–Kier alpha value is -1.94. The predicted octanol–water partition coefficient (Wildman–Crippen LogP) is 3.50. The molecule has 0 aliphatic rings. The van der Waals surface area contributed by atoms with E-state index in [0.717, 1.165) is 12.8 Å². The number of rotatable bonds is 5. The van der Waals surface area contributed by atoms with Crippen LogP contribution in [0.5, 0.6) is 0 Å². The Labute approximate surface area is 124 Å². The Morgan fingerprint density at radius 1 is 1.25 bits per heavy atom. The summed E-state index contributed by atoms with van der Waals surface area (Å²) in [4.78, 5) is 15.0. The van der Waals surface area contributed by atoms with Gasteiger partial charge >= 0.3 is 0 Å². The lowest BCUT2D eigenvalue weighted by atomic mass is 10.1. The molecule has 1 atom stereocenters. The van der Waals surface area contributed by atoms with E-state index in [1.165, 1.54) is 5.56 Å². The van der Waals surface area contributed by atoms with Crippen molar-refractivity contribution in [2.75, 3.05) is 0 Å². The quantitative estimate of drug-likeness (QED) is 0.826. The maximum atomic E-state index is 12.1. The Morgan fingerprint density at radius 2 is 2.00 bits per heavy atom. The summed E-state index contributed by atoms with van der Waals surface area (Å²) in [6.45, 7) is 2.01. The Morgan fingerprint density at radius 3 is 2.70 bits per heavy atom. The first-order chi connectivity index (χ1) is 9.66. The lowest BCUT2D eigenvalue weighted by Crippen LogP contribution is -2.33. The highest BCUT2D eigenvalue weighted by Crippen LogP contribution is 2.06. The SMILES string of the molecule is CC(CCc1ccccc1)NC(=O)c1ccc[nH]c1=S. The monoisotopic (exact) mass is 286 g/mol. The van der Waals surface area contributed by atoms with Crippen LogP contribution in [0.4, 0.5) is 0 Å². The van der Waals surface area contributed by atoms with Gasteiger partial charge in [-0.15, -0.1) is 0 Å². The second kappa shape index (κ2) is 7.01. The minimum absolute atomic E-state index is 0.109. The number of H-pyrrole nitrogens is 1. The van der Waals surface area contributed by atoms with Crippen molar-refractivity contribution in [3.63, 3.8) is 0 Å². The summed E-state index contributed by atoms with van der Waals surface area (Å²) >= 11 is 5.11. The smallest absolute Gasteiger partial charge is 0.254 e. The normalized spacial score (nSPS) is 11.8.